The van der Waals surface area contributed by atoms with Gasteiger partial charge in [-0.05, 0) is 62.6 Å². The lowest BCUT2D eigenvalue weighted by atomic mass is 10.1. The van der Waals surface area contributed by atoms with E-state index in [1.807, 2.05) is 11.6 Å². The van der Waals surface area contributed by atoms with Crippen molar-refractivity contribution in [2.45, 2.75) is 42.5 Å². The van der Waals surface area contributed by atoms with Crippen LogP contribution in [0.4, 0.5) is 0 Å². The smallest absolute Gasteiger partial charge is 0.290 e. The van der Waals surface area contributed by atoms with Gasteiger partial charge in [0.15, 0.2) is 4.90 Å². The maximum absolute atomic E-state index is 13.3. The normalized spacial score (nSPS) is 13.9. The van der Waals surface area contributed by atoms with Crippen LogP contribution in [0.3, 0.4) is 0 Å². The van der Waals surface area contributed by atoms with Gasteiger partial charge in [-0.2, -0.15) is 0 Å². The molecule has 0 radical (unpaired) electrons. The number of aromatic nitrogens is 2. The second kappa shape index (κ2) is 6.98. The third-order valence-corrected chi connectivity index (χ3v) is 6.99. The number of nitrogens with zero attached hydrogens (tertiary/aromatic N) is 2. The first-order chi connectivity index (χ1) is 13.4. The van der Waals surface area contributed by atoms with Gasteiger partial charge in [0.1, 0.15) is 5.75 Å². The Hall–Kier alpha value is -2.80. The van der Waals surface area contributed by atoms with Crippen LogP contribution < -0.4 is 10.3 Å². The molecular weight excluding hydrogens is 376 g/mol. The zero-order chi connectivity index (χ0) is 19.9. The van der Waals surface area contributed by atoms with Crippen molar-refractivity contribution in [3.8, 4) is 11.4 Å². The van der Waals surface area contributed by atoms with E-state index in [1.165, 1.54) is 4.68 Å². The first-order valence-corrected chi connectivity index (χ1v) is 10.7. The minimum absolute atomic E-state index is 0.105. The fourth-order valence-electron chi connectivity index (χ4n) is 3.68. The summed E-state index contributed by atoms with van der Waals surface area (Å²) in [5, 5.41) is 0. The maximum Gasteiger partial charge on any atom is 0.290 e. The van der Waals surface area contributed by atoms with E-state index in [0.29, 0.717) is 30.1 Å². The first kappa shape index (κ1) is 18.6. The van der Waals surface area contributed by atoms with E-state index in [9.17, 15) is 13.2 Å². The van der Waals surface area contributed by atoms with Gasteiger partial charge in [-0.3, -0.25) is 9.48 Å². The van der Waals surface area contributed by atoms with Crippen LogP contribution >= 0.6 is 0 Å². The average molecular weight is 398 g/mol. The number of sulfone groups is 1. The molecule has 0 fully saturated rings. The van der Waals surface area contributed by atoms with Crippen molar-refractivity contribution >= 4 is 9.84 Å². The SMILES string of the molecule is COc1ccc(-n2c(=O)c(S(=O)(=O)c3ccc(C)cc3)c3n2CCCC3)cc1. The van der Waals surface area contributed by atoms with E-state index in [4.69, 9.17) is 4.74 Å². The summed E-state index contributed by atoms with van der Waals surface area (Å²) in [7, 11) is -2.33. The van der Waals surface area contributed by atoms with Crippen LogP contribution in [-0.2, 0) is 22.8 Å². The molecule has 0 unspecified atom stereocenters. The number of methoxy groups -OCH3 is 1. The van der Waals surface area contributed by atoms with E-state index in [1.54, 1.807) is 55.6 Å². The lowest BCUT2D eigenvalue weighted by Gasteiger charge is -2.19. The lowest BCUT2D eigenvalue weighted by Crippen LogP contribution is -2.24. The minimum atomic E-state index is -3.91. The van der Waals surface area contributed by atoms with Gasteiger partial charge in [0, 0.05) is 6.54 Å². The molecule has 2 heterocycles. The van der Waals surface area contributed by atoms with Crippen LogP contribution in [0.15, 0.2) is 63.1 Å². The molecule has 0 bridgehead atoms. The molecule has 0 aliphatic carbocycles. The summed E-state index contributed by atoms with van der Waals surface area (Å²) >= 11 is 0. The third-order valence-electron chi connectivity index (χ3n) is 5.15. The van der Waals surface area contributed by atoms with Crippen molar-refractivity contribution in [3.63, 3.8) is 0 Å². The number of hydrogen-bond acceptors (Lipinski definition) is 4. The van der Waals surface area contributed by atoms with E-state index < -0.39 is 15.4 Å². The Morgan fingerprint density at radius 1 is 0.964 bits per heavy atom. The van der Waals surface area contributed by atoms with Crippen molar-refractivity contribution in [2.75, 3.05) is 7.11 Å². The van der Waals surface area contributed by atoms with Crippen molar-refractivity contribution in [3.05, 3.63) is 70.1 Å². The molecule has 0 saturated carbocycles. The Morgan fingerprint density at radius 2 is 1.64 bits per heavy atom. The molecule has 0 spiro atoms. The fraction of sp³-hybridized carbons (Fsp3) is 0.286. The van der Waals surface area contributed by atoms with Crippen LogP contribution in [0, 0.1) is 6.92 Å². The Labute approximate surface area is 163 Å². The summed E-state index contributed by atoms with van der Waals surface area (Å²) in [6.07, 6.45) is 2.34. The summed E-state index contributed by atoms with van der Waals surface area (Å²) in [5.41, 5.74) is 1.68. The van der Waals surface area contributed by atoms with Gasteiger partial charge in [0.25, 0.3) is 5.56 Å². The van der Waals surface area contributed by atoms with Crippen molar-refractivity contribution in [1.29, 1.82) is 0 Å². The van der Waals surface area contributed by atoms with E-state index >= 15 is 0 Å². The molecule has 0 saturated heterocycles. The van der Waals surface area contributed by atoms with E-state index in [2.05, 4.69) is 0 Å². The van der Waals surface area contributed by atoms with Gasteiger partial charge < -0.3 is 4.74 Å². The Kier molecular flexibility index (Phi) is 4.63. The highest BCUT2D eigenvalue weighted by Gasteiger charge is 2.32. The monoisotopic (exact) mass is 398 g/mol. The van der Waals surface area contributed by atoms with Crippen LogP contribution in [0.5, 0.6) is 5.75 Å². The molecule has 0 amide bonds. The number of rotatable bonds is 4. The number of fused-ring (bicyclic) bond motifs is 1. The summed E-state index contributed by atoms with van der Waals surface area (Å²) in [6.45, 7) is 2.51. The topological polar surface area (TPSA) is 70.3 Å². The number of hydrogen-bond donors (Lipinski definition) is 0. The highest BCUT2D eigenvalue weighted by atomic mass is 32.2. The van der Waals surface area contributed by atoms with Crippen molar-refractivity contribution < 1.29 is 13.2 Å². The molecule has 28 heavy (non-hydrogen) atoms. The lowest BCUT2D eigenvalue weighted by molar-refractivity contribution is 0.414. The zero-order valence-electron chi connectivity index (χ0n) is 15.9. The molecule has 4 rings (SSSR count). The summed E-state index contributed by atoms with van der Waals surface area (Å²) in [6, 6.07) is 13.7. The summed E-state index contributed by atoms with van der Waals surface area (Å²) in [4.78, 5) is 13.4. The Bertz CT molecular complexity index is 1170. The molecule has 146 valence electrons. The number of benzene rings is 2. The van der Waals surface area contributed by atoms with Gasteiger partial charge in [-0.15, -0.1) is 0 Å². The molecule has 0 atom stereocenters. The average Bonchev–Trinajstić information content (AvgIpc) is 3.01. The minimum Gasteiger partial charge on any atom is -0.497 e. The molecule has 3 aromatic rings. The van der Waals surface area contributed by atoms with Crippen LogP contribution in [0.2, 0.25) is 0 Å². The zero-order valence-corrected chi connectivity index (χ0v) is 16.7. The summed E-state index contributed by atoms with van der Waals surface area (Å²) in [5.74, 6) is 0.676. The van der Waals surface area contributed by atoms with E-state index in [-0.39, 0.29) is 9.79 Å². The molecule has 7 heteroatoms. The molecule has 6 nitrogen and oxygen atoms in total. The highest BCUT2D eigenvalue weighted by molar-refractivity contribution is 7.91. The van der Waals surface area contributed by atoms with Gasteiger partial charge in [0.05, 0.1) is 23.4 Å². The van der Waals surface area contributed by atoms with Gasteiger partial charge in [0.2, 0.25) is 9.84 Å². The summed E-state index contributed by atoms with van der Waals surface area (Å²) < 4.78 is 35.2. The molecule has 0 N–H and O–H groups in total. The predicted octanol–water partition coefficient (Wildman–Crippen LogP) is 3.13. The Balaban J connectivity index is 1.95. The molecule has 1 aliphatic heterocycles. The second-order valence-electron chi connectivity index (χ2n) is 6.99. The highest BCUT2D eigenvalue weighted by Crippen LogP contribution is 2.28. The van der Waals surface area contributed by atoms with Crippen molar-refractivity contribution in [2.24, 2.45) is 0 Å². The molecule has 2 aromatic carbocycles. The van der Waals surface area contributed by atoms with Gasteiger partial charge >= 0.3 is 0 Å². The van der Waals surface area contributed by atoms with Crippen LogP contribution in [0.1, 0.15) is 24.1 Å². The van der Waals surface area contributed by atoms with E-state index in [0.717, 1.165) is 18.4 Å². The largest absolute Gasteiger partial charge is 0.497 e. The van der Waals surface area contributed by atoms with Crippen LogP contribution in [-0.4, -0.2) is 24.9 Å². The number of ether oxygens (including phenoxy) is 1. The number of aryl methyl sites for hydroxylation is 1. The standard InChI is InChI=1S/C21H22N2O4S/c1-15-6-12-18(13-7-15)28(25,26)20-19-5-3-4-14-22(19)23(21(20)24)16-8-10-17(27-2)11-9-16/h6-13H,3-5,14H2,1-2H3. The van der Waals surface area contributed by atoms with Crippen molar-refractivity contribution in [1.82, 2.24) is 9.36 Å². The molecule has 1 aromatic heterocycles. The molecular formula is C21H22N2O4S. The quantitative estimate of drug-likeness (QED) is 0.677. The Morgan fingerprint density at radius 3 is 2.29 bits per heavy atom. The second-order valence-corrected chi connectivity index (χ2v) is 8.87. The molecule has 1 aliphatic rings. The third kappa shape index (κ3) is 2.96. The fourth-order valence-corrected chi connectivity index (χ4v) is 5.25. The van der Waals surface area contributed by atoms with Gasteiger partial charge in [-0.1, -0.05) is 17.7 Å². The first-order valence-electron chi connectivity index (χ1n) is 9.24. The van der Waals surface area contributed by atoms with Gasteiger partial charge in [-0.25, -0.2) is 13.1 Å². The van der Waals surface area contributed by atoms with Crippen LogP contribution in [0.25, 0.3) is 5.69 Å². The maximum atomic E-state index is 13.3. The predicted molar refractivity (Wildman–Crippen MR) is 106 cm³/mol.